The van der Waals surface area contributed by atoms with Gasteiger partial charge in [-0.05, 0) is 42.7 Å². The van der Waals surface area contributed by atoms with Crippen LogP contribution in [0.2, 0.25) is 0 Å². The molecular weight excluding hydrogens is 499 g/mol. The summed E-state index contributed by atoms with van der Waals surface area (Å²) in [5.74, 6) is 0.0654. The van der Waals surface area contributed by atoms with Crippen molar-refractivity contribution in [1.29, 1.82) is 0 Å². The Labute approximate surface area is 222 Å². The molecule has 6 aromatic rings. The summed E-state index contributed by atoms with van der Waals surface area (Å²) in [6, 6.07) is 9.41. The van der Waals surface area contributed by atoms with E-state index in [4.69, 9.17) is 4.98 Å². The van der Waals surface area contributed by atoms with E-state index in [0.717, 1.165) is 22.6 Å². The minimum Gasteiger partial charge on any atom is -0.508 e. The molecule has 0 bridgehead atoms. The molecule has 1 atom stereocenters. The largest absolute Gasteiger partial charge is 0.508 e. The summed E-state index contributed by atoms with van der Waals surface area (Å²) >= 11 is 0. The molecule has 6 rings (SSSR count). The highest BCUT2D eigenvalue weighted by atomic mass is 19.1. The number of H-pyrrole nitrogens is 2. The van der Waals surface area contributed by atoms with E-state index in [1.54, 1.807) is 30.9 Å². The lowest BCUT2D eigenvalue weighted by molar-refractivity contribution is 0.176. The first-order valence-electron chi connectivity index (χ1n) is 12.4. The molecule has 0 aliphatic heterocycles. The lowest BCUT2D eigenvalue weighted by Crippen LogP contribution is -2.20. The van der Waals surface area contributed by atoms with Gasteiger partial charge >= 0.3 is 0 Å². The summed E-state index contributed by atoms with van der Waals surface area (Å²) in [5, 5.41) is 31.4. The third kappa shape index (κ3) is 4.87. The number of benzene rings is 1. The monoisotopic (exact) mass is 524 g/mol. The van der Waals surface area contributed by atoms with Gasteiger partial charge in [0.25, 0.3) is 0 Å². The number of hydrogen-bond acceptors (Lipinski definition) is 8. The number of aromatic amines is 2. The van der Waals surface area contributed by atoms with Crippen molar-refractivity contribution < 1.29 is 14.6 Å². The fourth-order valence-corrected chi connectivity index (χ4v) is 4.59. The van der Waals surface area contributed by atoms with Crippen molar-refractivity contribution in [3.63, 3.8) is 0 Å². The van der Waals surface area contributed by atoms with Crippen molar-refractivity contribution in [2.24, 2.45) is 5.92 Å². The van der Waals surface area contributed by atoms with Crippen molar-refractivity contribution in [2.45, 2.75) is 26.5 Å². The Morgan fingerprint density at radius 3 is 2.64 bits per heavy atom. The highest BCUT2D eigenvalue weighted by molar-refractivity contribution is 5.96. The number of aliphatic hydroxyl groups is 1. The second-order valence-corrected chi connectivity index (χ2v) is 9.78. The van der Waals surface area contributed by atoms with E-state index in [1.807, 2.05) is 12.1 Å². The molecule has 0 amide bonds. The van der Waals surface area contributed by atoms with E-state index in [9.17, 15) is 14.6 Å². The topological polar surface area (TPSA) is 149 Å². The number of hydrogen-bond donors (Lipinski definition) is 5. The molecule has 0 radical (unpaired) electrons. The second-order valence-electron chi connectivity index (χ2n) is 9.78. The number of nitrogens with zero attached hydrogens (tertiary/aromatic N) is 5. The molecule has 0 saturated carbocycles. The lowest BCUT2D eigenvalue weighted by Gasteiger charge is -2.16. The molecule has 196 valence electrons. The van der Waals surface area contributed by atoms with E-state index in [2.05, 4.69) is 49.3 Å². The summed E-state index contributed by atoms with van der Waals surface area (Å²) < 4.78 is 14.0. The van der Waals surface area contributed by atoms with Crippen LogP contribution in [-0.2, 0) is 0 Å². The number of imidazole rings is 1. The molecule has 1 unspecified atom stereocenters. The number of aliphatic hydroxyl groups excluding tert-OH is 1. The molecule has 5 aromatic heterocycles. The Morgan fingerprint density at radius 1 is 0.974 bits per heavy atom. The van der Waals surface area contributed by atoms with E-state index < -0.39 is 12.0 Å². The van der Waals surface area contributed by atoms with Crippen LogP contribution in [0.15, 0.2) is 61.2 Å². The minimum atomic E-state index is -0.674. The zero-order chi connectivity index (χ0) is 27.1. The standard InChI is InChI=1S/C28H25FN8O2/c1-14(2)5-23(39)33-19-7-16(11-30-13-19)17-9-21-25(36-37-27(21)32-12-17)28-34-22-3-4-31-24(26(22)35-28)15-6-18(29)10-20(38)8-15/h3-4,6-14,23,33,38-39H,5H2,1-2H3,(H,34,35)(H,32,36,37). The SMILES string of the molecule is CC(C)CC(O)Nc1cncc(-c2cnc3[nH]nc(-c4nc5c(-c6cc(O)cc(F)c6)nccc5[nH]4)c3c2)c1. The highest BCUT2D eigenvalue weighted by Crippen LogP contribution is 2.33. The smallest absolute Gasteiger partial charge is 0.159 e. The van der Waals surface area contributed by atoms with Gasteiger partial charge in [0.05, 0.1) is 28.5 Å². The number of rotatable bonds is 7. The molecular formula is C28H25FN8O2. The fourth-order valence-electron chi connectivity index (χ4n) is 4.59. The fraction of sp³-hybridized carbons (Fsp3) is 0.179. The van der Waals surface area contributed by atoms with Crippen LogP contribution in [0.3, 0.4) is 0 Å². The molecule has 10 nitrogen and oxygen atoms in total. The van der Waals surface area contributed by atoms with E-state index in [-0.39, 0.29) is 5.75 Å². The molecule has 1 aromatic carbocycles. The summed E-state index contributed by atoms with van der Waals surface area (Å²) in [7, 11) is 0. The van der Waals surface area contributed by atoms with Crippen molar-refractivity contribution in [1.82, 2.24) is 35.1 Å². The molecule has 5 heterocycles. The Hall–Kier alpha value is -4.90. The maximum atomic E-state index is 14.0. The van der Waals surface area contributed by atoms with Crippen molar-refractivity contribution in [3.05, 3.63) is 67.0 Å². The number of aromatic hydroxyl groups is 1. The van der Waals surface area contributed by atoms with Crippen molar-refractivity contribution in [2.75, 3.05) is 5.32 Å². The first kappa shape index (κ1) is 24.4. The van der Waals surface area contributed by atoms with Crippen molar-refractivity contribution >= 4 is 27.8 Å². The van der Waals surface area contributed by atoms with Gasteiger partial charge in [-0.3, -0.25) is 15.1 Å². The average Bonchev–Trinajstić information content (AvgIpc) is 3.51. The first-order chi connectivity index (χ1) is 18.8. The minimum absolute atomic E-state index is 0.195. The van der Waals surface area contributed by atoms with Crippen LogP contribution < -0.4 is 5.32 Å². The Bertz CT molecular complexity index is 1790. The predicted molar refractivity (Wildman–Crippen MR) is 146 cm³/mol. The number of aromatic nitrogens is 7. The Morgan fingerprint density at radius 2 is 1.82 bits per heavy atom. The maximum absolute atomic E-state index is 14.0. The maximum Gasteiger partial charge on any atom is 0.159 e. The van der Waals surface area contributed by atoms with E-state index in [1.165, 1.54) is 12.1 Å². The number of nitrogens with one attached hydrogen (secondary N) is 3. The quantitative estimate of drug-likeness (QED) is 0.178. The molecule has 11 heteroatoms. The van der Waals surface area contributed by atoms with Crippen LogP contribution in [0, 0.1) is 11.7 Å². The second kappa shape index (κ2) is 9.76. The molecule has 0 saturated heterocycles. The third-order valence-electron chi connectivity index (χ3n) is 6.30. The molecule has 0 fully saturated rings. The molecule has 0 aliphatic carbocycles. The van der Waals surface area contributed by atoms with Gasteiger partial charge in [-0.2, -0.15) is 5.10 Å². The lowest BCUT2D eigenvalue weighted by atomic mass is 10.1. The number of phenols is 1. The van der Waals surface area contributed by atoms with Gasteiger partial charge in [0.15, 0.2) is 11.5 Å². The number of anilines is 1. The van der Waals surface area contributed by atoms with Crippen LogP contribution in [0.1, 0.15) is 20.3 Å². The number of halogens is 1. The molecule has 39 heavy (non-hydrogen) atoms. The zero-order valence-electron chi connectivity index (χ0n) is 21.1. The average molecular weight is 525 g/mol. The van der Waals surface area contributed by atoms with Gasteiger partial charge in [0.1, 0.15) is 29.0 Å². The molecule has 0 spiro atoms. The van der Waals surface area contributed by atoms with E-state index in [0.29, 0.717) is 57.5 Å². The highest BCUT2D eigenvalue weighted by Gasteiger charge is 2.18. The van der Waals surface area contributed by atoms with Gasteiger partial charge < -0.3 is 20.5 Å². The zero-order valence-corrected chi connectivity index (χ0v) is 21.1. The Kier molecular flexibility index (Phi) is 6.12. The molecule has 5 N–H and O–H groups in total. The number of phenolic OH excluding ortho intramolecular Hbond substituents is 1. The van der Waals surface area contributed by atoms with Crippen LogP contribution in [0.25, 0.3) is 56.0 Å². The normalized spacial score (nSPS) is 12.4. The van der Waals surface area contributed by atoms with Crippen molar-refractivity contribution in [3.8, 4) is 39.7 Å². The van der Waals surface area contributed by atoms with Gasteiger partial charge in [0.2, 0.25) is 0 Å². The number of fused-ring (bicyclic) bond motifs is 2. The Balaban J connectivity index is 1.38. The van der Waals surface area contributed by atoms with Gasteiger partial charge in [-0.15, -0.1) is 0 Å². The van der Waals surface area contributed by atoms with Gasteiger partial charge in [-0.1, -0.05) is 13.8 Å². The van der Waals surface area contributed by atoms with Crippen LogP contribution >= 0.6 is 0 Å². The summed E-state index contributed by atoms with van der Waals surface area (Å²) in [6.45, 7) is 4.10. The first-order valence-corrected chi connectivity index (χ1v) is 12.4. The van der Waals surface area contributed by atoms with Crippen LogP contribution in [0.5, 0.6) is 5.75 Å². The van der Waals surface area contributed by atoms with Gasteiger partial charge in [0, 0.05) is 41.3 Å². The van der Waals surface area contributed by atoms with E-state index >= 15 is 0 Å². The summed E-state index contributed by atoms with van der Waals surface area (Å²) in [4.78, 5) is 21.2. The third-order valence-corrected chi connectivity index (χ3v) is 6.30. The van der Waals surface area contributed by atoms with Crippen LogP contribution in [-0.4, -0.2) is 51.6 Å². The van der Waals surface area contributed by atoms with Crippen LogP contribution in [0.4, 0.5) is 10.1 Å². The molecule has 0 aliphatic rings. The summed E-state index contributed by atoms with van der Waals surface area (Å²) in [6.07, 6.45) is 6.66. The van der Waals surface area contributed by atoms with Gasteiger partial charge in [-0.25, -0.2) is 14.4 Å². The summed E-state index contributed by atoms with van der Waals surface area (Å²) in [5.41, 5.74) is 5.51. The number of pyridine rings is 3. The predicted octanol–water partition coefficient (Wildman–Crippen LogP) is 5.25.